The standard InChI is InChI=1S/C15H16ClN3O3/c1-9(10-4-6-11(16)7-5-10)19-13(15(21)22-3)8-12(18-19)14(20)17-2/h4-9H,1-3H3,(H,17,20). The highest BCUT2D eigenvalue weighted by Crippen LogP contribution is 2.22. The maximum absolute atomic E-state index is 11.9. The summed E-state index contributed by atoms with van der Waals surface area (Å²) in [5, 5.41) is 7.32. The summed E-state index contributed by atoms with van der Waals surface area (Å²) in [7, 11) is 2.79. The molecule has 0 bridgehead atoms. The number of aromatic nitrogens is 2. The van der Waals surface area contributed by atoms with Crippen molar-refractivity contribution in [1.29, 1.82) is 0 Å². The topological polar surface area (TPSA) is 73.2 Å². The normalized spacial score (nSPS) is 11.8. The minimum absolute atomic E-state index is 0.156. The van der Waals surface area contributed by atoms with E-state index in [4.69, 9.17) is 16.3 Å². The van der Waals surface area contributed by atoms with Crippen molar-refractivity contribution < 1.29 is 14.3 Å². The summed E-state index contributed by atoms with van der Waals surface area (Å²) in [6.45, 7) is 1.87. The van der Waals surface area contributed by atoms with Crippen molar-refractivity contribution >= 4 is 23.5 Å². The number of halogens is 1. The Morgan fingerprint density at radius 1 is 1.32 bits per heavy atom. The second-order valence-corrected chi connectivity index (χ2v) is 5.09. The van der Waals surface area contributed by atoms with Crippen molar-refractivity contribution in [3.63, 3.8) is 0 Å². The van der Waals surface area contributed by atoms with E-state index < -0.39 is 5.97 Å². The van der Waals surface area contributed by atoms with Crippen LogP contribution >= 0.6 is 11.6 Å². The Labute approximate surface area is 133 Å². The number of hydrogen-bond acceptors (Lipinski definition) is 4. The number of esters is 1. The number of benzene rings is 1. The predicted molar refractivity (Wildman–Crippen MR) is 82.2 cm³/mol. The first kappa shape index (κ1) is 16.0. The van der Waals surface area contributed by atoms with E-state index in [1.54, 1.807) is 12.1 Å². The van der Waals surface area contributed by atoms with Crippen molar-refractivity contribution in [3.8, 4) is 0 Å². The Balaban J connectivity index is 2.47. The number of nitrogens with zero attached hydrogens (tertiary/aromatic N) is 2. The van der Waals surface area contributed by atoms with Gasteiger partial charge < -0.3 is 10.1 Å². The molecule has 0 saturated carbocycles. The molecule has 0 aliphatic heterocycles. The molecule has 0 spiro atoms. The van der Waals surface area contributed by atoms with Gasteiger partial charge in [-0.15, -0.1) is 0 Å². The Kier molecular flexibility index (Phi) is 4.82. The fourth-order valence-electron chi connectivity index (χ4n) is 2.07. The van der Waals surface area contributed by atoms with Gasteiger partial charge >= 0.3 is 5.97 Å². The number of hydrogen-bond donors (Lipinski definition) is 1. The van der Waals surface area contributed by atoms with Gasteiger partial charge in [0.15, 0.2) is 5.69 Å². The van der Waals surface area contributed by atoms with Crippen LogP contribution in [0.1, 0.15) is 39.5 Å². The molecule has 1 aromatic carbocycles. The molecular weight excluding hydrogens is 306 g/mol. The molecule has 0 aliphatic carbocycles. The van der Waals surface area contributed by atoms with Crippen molar-refractivity contribution in [1.82, 2.24) is 15.1 Å². The summed E-state index contributed by atoms with van der Waals surface area (Å²) < 4.78 is 6.23. The lowest BCUT2D eigenvalue weighted by molar-refractivity contribution is 0.0585. The molecule has 7 heteroatoms. The van der Waals surface area contributed by atoms with E-state index in [2.05, 4.69) is 10.4 Å². The third-order valence-electron chi connectivity index (χ3n) is 3.31. The van der Waals surface area contributed by atoms with Crippen molar-refractivity contribution in [2.45, 2.75) is 13.0 Å². The van der Waals surface area contributed by atoms with E-state index in [1.807, 2.05) is 19.1 Å². The first-order valence-electron chi connectivity index (χ1n) is 6.63. The van der Waals surface area contributed by atoms with Gasteiger partial charge in [-0.25, -0.2) is 4.79 Å². The molecule has 0 saturated heterocycles. The number of carbonyl (C=O) groups excluding carboxylic acids is 2. The van der Waals surface area contributed by atoms with E-state index in [9.17, 15) is 9.59 Å². The molecule has 2 aromatic rings. The number of amides is 1. The predicted octanol–water partition coefficient (Wildman–Crippen LogP) is 2.29. The Hall–Kier alpha value is -2.34. The molecular formula is C15H16ClN3O3. The number of methoxy groups -OCH3 is 1. The first-order chi connectivity index (χ1) is 10.5. The van der Waals surface area contributed by atoms with Crippen LogP contribution < -0.4 is 5.32 Å². The van der Waals surface area contributed by atoms with Crippen molar-refractivity contribution in [2.75, 3.05) is 14.2 Å². The summed E-state index contributed by atoms with van der Waals surface area (Å²) in [4.78, 5) is 23.6. The van der Waals surface area contributed by atoms with Gasteiger partial charge in [-0.1, -0.05) is 23.7 Å². The molecule has 0 radical (unpaired) electrons. The lowest BCUT2D eigenvalue weighted by Crippen LogP contribution is -2.19. The van der Waals surface area contributed by atoms with Gasteiger partial charge in [0, 0.05) is 18.1 Å². The van der Waals surface area contributed by atoms with Crippen LogP contribution in [0.25, 0.3) is 0 Å². The SMILES string of the molecule is CNC(=O)c1cc(C(=O)OC)n(C(C)c2ccc(Cl)cc2)n1. The molecule has 6 nitrogen and oxygen atoms in total. The minimum atomic E-state index is -0.552. The summed E-state index contributed by atoms with van der Waals surface area (Å²) in [6, 6.07) is 8.36. The minimum Gasteiger partial charge on any atom is -0.464 e. The summed E-state index contributed by atoms with van der Waals surface area (Å²) in [5.74, 6) is -0.921. The average Bonchev–Trinajstić information content (AvgIpc) is 2.98. The molecule has 1 atom stereocenters. The lowest BCUT2D eigenvalue weighted by atomic mass is 10.1. The summed E-state index contributed by atoms with van der Waals surface area (Å²) in [6.07, 6.45) is 0. The van der Waals surface area contributed by atoms with Crippen LogP contribution in [0.2, 0.25) is 5.02 Å². The summed E-state index contributed by atoms with van der Waals surface area (Å²) in [5.41, 5.74) is 1.27. The van der Waals surface area contributed by atoms with Gasteiger partial charge in [0.1, 0.15) is 5.69 Å². The molecule has 2 rings (SSSR count). The largest absolute Gasteiger partial charge is 0.464 e. The Bertz CT molecular complexity index is 695. The molecule has 1 aromatic heterocycles. The van der Waals surface area contributed by atoms with Crippen LogP contribution in [0.15, 0.2) is 30.3 Å². The summed E-state index contributed by atoms with van der Waals surface area (Å²) >= 11 is 5.88. The van der Waals surface area contributed by atoms with Gasteiger partial charge in [0.2, 0.25) is 0 Å². The molecule has 0 fully saturated rings. The Morgan fingerprint density at radius 2 is 1.95 bits per heavy atom. The third kappa shape index (κ3) is 3.12. The van der Waals surface area contributed by atoms with Gasteiger partial charge in [-0.3, -0.25) is 9.48 Å². The third-order valence-corrected chi connectivity index (χ3v) is 3.56. The molecule has 0 aliphatic rings. The fraction of sp³-hybridized carbons (Fsp3) is 0.267. The molecule has 1 amide bonds. The monoisotopic (exact) mass is 321 g/mol. The highest BCUT2D eigenvalue weighted by atomic mass is 35.5. The van der Waals surface area contributed by atoms with Crippen LogP contribution in [0.4, 0.5) is 0 Å². The van der Waals surface area contributed by atoms with E-state index in [0.29, 0.717) is 5.02 Å². The smallest absolute Gasteiger partial charge is 0.356 e. The van der Waals surface area contributed by atoms with Gasteiger partial charge in [-0.05, 0) is 24.6 Å². The molecule has 22 heavy (non-hydrogen) atoms. The number of nitrogens with one attached hydrogen (secondary N) is 1. The van der Waals surface area contributed by atoms with Gasteiger partial charge in [0.25, 0.3) is 5.91 Å². The average molecular weight is 322 g/mol. The van der Waals surface area contributed by atoms with E-state index in [-0.39, 0.29) is 23.3 Å². The fourth-order valence-corrected chi connectivity index (χ4v) is 2.19. The molecule has 116 valence electrons. The van der Waals surface area contributed by atoms with E-state index in [0.717, 1.165) is 5.56 Å². The van der Waals surface area contributed by atoms with Gasteiger partial charge in [0.05, 0.1) is 13.2 Å². The molecule has 1 unspecified atom stereocenters. The molecule has 1 heterocycles. The van der Waals surface area contributed by atoms with Crippen molar-refractivity contribution in [3.05, 3.63) is 52.3 Å². The van der Waals surface area contributed by atoms with Crippen LogP contribution in [0.5, 0.6) is 0 Å². The van der Waals surface area contributed by atoms with Crippen LogP contribution in [-0.2, 0) is 4.74 Å². The highest BCUT2D eigenvalue weighted by molar-refractivity contribution is 6.30. The lowest BCUT2D eigenvalue weighted by Gasteiger charge is -2.15. The Morgan fingerprint density at radius 3 is 2.50 bits per heavy atom. The quantitative estimate of drug-likeness (QED) is 0.877. The second kappa shape index (κ2) is 6.62. The second-order valence-electron chi connectivity index (χ2n) is 4.66. The highest BCUT2D eigenvalue weighted by Gasteiger charge is 2.23. The zero-order chi connectivity index (χ0) is 16.3. The number of ether oxygens (including phenoxy) is 1. The zero-order valence-corrected chi connectivity index (χ0v) is 13.2. The van der Waals surface area contributed by atoms with Crippen LogP contribution in [0, 0.1) is 0 Å². The maximum Gasteiger partial charge on any atom is 0.356 e. The van der Waals surface area contributed by atoms with Gasteiger partial charge in [-0.2, -0.15) is 5.10 Å². The van der Waals surface area contributed by atoms with E-state index in [1.165, 1.54) is 24.9 Å². The van der Waals surface area contributed by atoms with E-state index >= 15 is 0 Å². The van der Waals surface area contributed by atoms with Crippen molar-refractivity contribution in [2.24, 2.45) is 0 Å². The van der Waals surface area contributed by atoms with Crippen LogP contribution in [0.3, 0.4) is 0 Å². The first-order valence-corrected chi connectivity index (χ1v) is 7.01. The maximum atomic E-state index is 11.9. The number of rotatable bonds is 4. The number of carbonyl (C=O) groups is 2. The van der Waals surface area contributed by atoms with Crippen LogP contribution in [-0.4, -0.2) is 35.8 Å². The zero-order valence-electron chi connectivity index (χ0n) is 12.5. The molecule has 1 N–H and O–H groups in total.